The van der Waals surface area contributed by atoms with E-state index in [0.29, 0.717) is 0 Å². The van der Waals surface area contributed by atoms with E-state index in [1.54, 1.807) is 13.1 Å². The van der Waals surface area contributed by atoms with Crippen molar-refractivity contribution in [3.8, 4) is 0 Å². The summed E-state index contributed by atoms with van der Waals surface area (Å²) in [6.45, 7) is 1.99. The Morgan fingerprint density at radius 1 is 1.50 bits per heavy atom. The van der Waals surface area contributed by atoms with Crippen LogP contribution in [0.25, 0.3) is 0 Å². The van der Waals surface area contributed by atoms with Gasteiger partial charge in [0.2, 0.25) is 0 Å². The zero-order chi connectivity index (χ0) is 7.82. The zero-order valence-electron chi connectivity index (χ0n) is 6.59. The molecule has 0 spiro atoms. The summed E-state index contributed by atoms with van der Waals surface area (Å²) in [5.74, 6) is 0.254. The molecule has 0 aromatic carbocycles. The molecule has 0 aromatic heterocycles. The molecule has 0 fully saturated rings. The van der Waals surface area contributed by atoms with Gasteiger partial charge in [-0.1, -0.05) is 12.2 Å². The van der Waals surface area contributed by atoms with Crippen LogP contribution in [0.15, 0.2) is 24.1 Å². The second-order valence-corrected chi connectivity index (χ2v) is 1.99. The maximum absolute atomic E-state index is 8.88. The fourth-order valence-corrected chi connectivity index (χ4v) is 0.585. The first kappa shape index (κ1) is 9.08. The summed E-state index contributed by atoms with van der Waals surface area (Å²) in [5, 5.41) is 11.5. The van der Waals surface area contributed by atoms with Crippen molar-refractivity contribution in [2.24, 2.45) is 0 Å². The Morgan fingerprint density at radius 3 is 2.70 bits per heavy atom. The van der Waals surface area contributed by atoms with Crippen LogP contribution < -0.4 is 5.32 Å². The van der Waals surface area contributed by atoms with Crippen molar-refractivity contribution >= 4 is 0 Å². The molecule has 0 radical (unpaired) electrons. The molecule has 0 aliphatic rings. The lowest BCUT2D eigenvalue weighted by atomic mass is 10.3. The lowest BCUT2D eigenvalue weighted by Crippen LogP contribution is -2.03. The molecule has 0 bridgehead atoms. The normalized spacial score (nSPS) is 12.4. The van der Waals surface area contributed by atoms with Crippen molar-refractivity contribution in [2.45, 2.75) is 19.8 Å². The first-order valence-corrected chi connectivity index (χ1v) is 3.49. The number of rotatable bonds is 4. The lowest BCUT2D eigenvalue weighted by Gasteiger charge is -1.94. The van der Waals surface area contributed by atoms with Crippen LogP contribution in [0.5, 0.6) is 0 Å². The molecule has 0 amide bonds. The molecule has 0 aromatic rings. The van der Waals surface area contributed by atoms with Gasteiger partial charge in [0.05, 0.1) is 0 Å². The largest absolute Gasteiger partial charge is 0.495 e. The predicted octanol–water partition coefficient (Wildman–Crippen LogP) is 1.96. The number of allylic oxidation sites excluding steroid dienone is 3. The Balaban J connectivity index is 3.33. The minimum absolute atomic E-state index is 0.254. The lowest BCUT2D eigenvalue weighted by molar-refractivity contribution is 0.373. The van der Waals surface area contributed by atoms with Crippen LogP contribution in [0.3, 0.4) is 0 Å². The number of nitrogens with one attached hydrogen (secondary N) is 1. The predicted molar refractivity (Wildman–Crippen MR) is 43.8 cm³/mol. The van der Waals surface area contributed by atoms with E-state index < -0.39 is 0 Å². The van der Waals surface area contributed by atoms with Gasteiger partial charge in [-0.15, -0.1) is 0 Å². The van der Waals surface area contributed by atoms with Crippen molar-refractivity contribution in [1.82, 2.24) is 5.32 Å². The fourth-order valence-electron chi connectivity index (χ4n) is 0.585. The highest BCUT2D eigenvalue weighted by molar-refractivity contribution is 4.89. The smallest absolute Gasteiger partial charge is 0.179 e. The Bertz CT molecular complexity index is 127. The fraction of sp³-hybridized carbons (Fsp3) is 0.500. The summed E-state index contributed by atoms with van der Waals surface area (Å²) < 4.78 is 0. The minimum Gasteiger partial charge on any atom is -0.495 e. The van der Waals surface area contributed by atoms with E-state index in [2.05, 4.69) is 11.4 Å². The zero-order valence-corrected chi connectivity index (χ0v) is 6.59. The van der Waals surface area contributed by atoms with Crippen molar-refractivity contribution in [3.63, 3.8) is 0 Å². The molecule has 2 heteroatoms. The molecular formula is C8H15NO. The highest BCUT2D eigenvalue weighted by Crippen LogP contribution is 1.93. The van der Waals surface area contributed by atoms with Gasteiger partial charge in [0.1, 0.15) is 0 Å². The summed E-state index contributed by atoms with van der Waals surface area (Å²) in [6.07, 6.45) is 7.71. The van der Waals surface area contributed by atoms with Crippen LogP contribution >= 0.6 is 0 Å². The molecule has 10 heavy (non-hydrogen) atoms. The third kappa shape index (κ3) is 5.22. The van der Waals surface area contributed by atoms with E-state index in [1.165, 1.54) is 0 Å². The Hall–Kier alpha value is -0.920. The SMILES string of the molecule is C/C=C\CC/C=C(\O)NC. The van der Waals surface area contributed by atoms with E-state index in [4.69, 9.17) is 5.11 Å². The molecule has 0 saturated carbocycles. The summed E-state index contributed by atoms with van der Waals surface area (Å²) in [7, 11) is 1.70. The molecule has 58 valence electrons. The van der Waals surface area contributed by atoms with Crippen LogP contribution in [-0.4, -0.2) is 12.2 Å². The van der Waals surface area contributed by atoms with Gasteiger partial charge in [0, 0.05) is 7.05 Å². The Morgan fingerprint density at radius 2 is 2.20 bits per heavy atom. The molecule has 0 atom stereocenters. The van der Waals surface area contributed by atoms with Gasteiger partial charge < -0.3 is 10.4 Å². The molecule has 0 aliphatic heterocycles. The third-order valence-electron chi connectivity index (χ3n) is 1.16. The van der Waals surface area contributed by atoms with Gasteiger partial charge in [0.25, 0.3) is 0 Å². The molecule has 0 saturated heterocycles. The van der Waals surface area contributed by atoms with Gasteiger partial charge >= 0.3 is 0 Å². The number of unbranched alkanes of at least 4 members (excludes halogenated alkanes) is 1. The highest BCUT2D eigenvalue weighted by atomic mass is 16.3. The number of hydrogen-bond acceptors (Lipinski definition) is 2. The van der Waals surface area contributed by atoms with E-state index in [-0.39, 0.29) is 5.88 Å². The molecular weight excluding hydrogens is 126 g/mol. The van der Waals surface area contributed by atoms with Crippen molar-refractivity contribution in [1.29, 1.82) is 0 Å². The van der Waals surface area contributed by atoms with E-state index in [9.17, 15) is 0 Å². The van der Waals surface area contributed by atoms with Crippen molar-refractivity contribution in [3.05, 3.63) is 24.1 Å². The van der Waals surface area contributed by atoms with Crippen LogP contribution in [0.2, 0.25) is 0 Å². The molecule has 2 nitrogen and oxygen atoms in total. The van der Waals surface area contributed by atoms with Gasteiger partial charge in [-0.25, -0.2) is 0 Å². The topological polar surface area (TPSA) is 32.3 Å². The monoisotopic (exact) mass is 141 g/mol. The maximum Gasteiger partial charge on any atom is 0.179 e. The van der Waals surface area contributed by atoms with E-state index in [1.807, 2.05) is 13.0 Å². The van der Waals surface area contributed by atoms with Crippen LogP contribution in [-0.2, 0) is 0 Å². The van der Waals surface area contributed by atoms with Gasteiger partial charge in [-0.2, -0.15) is 0 Å². The highest BCUT2D eigenvalue weighted by Gasteiger charge is 1.82. The molecule has 0 aliphatic carbocycles. The standard InChI is InChI=1S/C8H15NO/c1-3-4-5-6-7-8(10)9-2/h3-4,7,9-10H,5-6H2,1-2H3/b4-3-,8-7-. The molecule has 0 rings (SSSR count). The average Bonchev–Trinajstić information content (AvgIpc) is 1.98. The molecule has 0 unspecified atom stereocenters. The van der Waals surface area contributed by atoms with Crippen molar-refractivity contribution < 1.29 is 5.11 Å². The second kappa shape index (κ2) is 6.20. The first-order chi connectivity index (χ1) is 4.81. The first-order valence-electron chi connectivity index (χ1n) is 3.49. The van der Waals surface area contributed by atoms with Gasteiger partial charge in [-0.3, -0.25) is 0 Å². The second-order valence-electron chi connectivity index (χ2n) is 1.99. The average molecular weight is 141 g/mol. The van der Waals surface area contributed by atoms with Crippen LogP contribution in [0.1, 0.15) is 19.8 Å². The van der Waals surface area contributed by atoms with E-state index in [0.717, 1.165) is 12.8 Å². The maximum atomic E-state index is 8.88. The molecule has 2 N–H and O–H groups in total. The van der Waals surface area contributed by atoms with Gasteiger partial charge in [0.15, 0.2) is 5.88 Å². The number of aliphatic hydroxyl groups excluding tert-OH is 1. The summed E-state index contributed by atoms with van der Waals surface area (Å²) in [6, 6.07) is 0. The minimum atomic E-state index is 0.254. The third-order valence-corrected chi connectivity index (χ3v) is 1.16. The number of hydrogen-bond donors (Lipinski definition) is 2. The number of aliphatic hydroxyl groups is 1. The van der Waals surface area contributed by atoms with Crippen LogP contribution in [0.4, 0.5) is 0 Å². The summed E-state index contributed by atoms with van der Waals surface area (Å²) >= 11 is 0. The summed E-state index contributed by atoms with van der Waals surface area (Å²) in [4.78, 5) is 0. The van der Waals surface area contributed by atoms with Crippen molar-refractivity contribution in [2.75, 3.05) is 7.05 Å². The quantitative estimate of drug-likeness (QED) is 0.356. The Kier molecular flexibility index (Phi) is 5.63. The van der Waals surface area contributed by atoms with Gasteiger partial charge in [-0.05, 0) is 25.8 Å². The van der Waals surface area contributed by atoms with Crippen LogP contribution in [0, 0.1) is 0 Å². The van der Waals surface area contributed by atoms with E-state index >= 15 is 0 Å². The Labute approximate surface area is 62.3 Å². The summed E-state index contributed by atoms with van der Waals surface area (Å²) in [5.41, 5.74) is 0. The molecule has 0 heterocycles.